The van der Waals surface area contributed by atoms with Crippen molar-refractivity contribution in [2.75, 3.05) is 16.9 Å². The Balaban J connectivity index is 1.28. The maximum absolute atomic E-state index is 15.7. The molecule has 43 heavy (non-hydrogen) atoms. The second-order valence-electron chi connectivity index (χ2n) is 14.0. The number of carbonyl (C=O) groups is 2. The second kappa shape index (κ2) is 8.72. The van der Waals surface area contributed by atoms with Gasteiger partial charge in [0.2, 0.25) is 0 Å². The molecule has 3 aliphatic heterocycles. The number of aromatic hydroxyl groups is 1. The predicted molar refractivity (Wildman–Crippen MR) is 164 cm³/mol. The number of aryl methyl sites for hydroxylation is 1. The fourth-order valence-electron chi connectivity index (χ4n) is 11.1. The fourth-order valence-corrected chi connectivity index (χ4v) is 12.4. The van der Waals surface area contributed by atoms with Gasteiger partial charge in [-0.1, -0.05) is 43.3 Å². The highest BCUT2D eigenvalue weighted by atomic mass is 32.2. The third-order valence-electron chi connectivity index (χ3n) is 12.6. The number of halogens is 1. The van der Waals surface area contributed by atoms with Crippen molar-refractivity contribution in [2.45, 2.75) is 62.4 Å². The van der Waals surface area contributed by atoms with Crippen LogP contribution in [0.2, 0.25) is 0 Å². The normalized spacial score (nSPS) is 39.0. The Morgan fingerprint density at radius 3 is 2.70 bits per heavy atom. The Bertz CT molecular complexity index is 1710. The van der Waals surface area contributed by atoms with Gasteiger partial charge in [-0.2, -0.15) is 0 Å². The van der Waals surface area contributed by atoms with Crippen molar-refractivity contribution in [3.63, 3.8) is 0 Å². The van der Waals surface area contributed by atoms with Crippen LogP contribution in [0.4, 0.5) is 10.1 Å². The zero-order valence-electron chi connectivity index (χ0n) is 24.2. The van der Waals surface area contributed by atoms with Gasteiger partial charge < -0.3 is 10.4 Å². The van der Waals surface area contributed by atoms with Crippen LogP contribution in [0.1, 0.15) is 66.7 Å². The first-order valence-electron chi connectivity index (χ1n) is 15.7. The summed E-state index contributed by atoms with van der Waals surface area (Å²) in [6.07, 6.45) is 4.23. The Morgan fingerprint density at radius 1 is 1.05 bits per heavy atom. The molecule has 2 saturated carbocycles. The van der Waals surface area contributed by atoms with E-state index in [0.717, 1.165) is 48.3 Å². The van der Waals surface area contributed by atoms with Gasteiger partial charge in [0.15, 0.2) is 0 Å². The Labute approximate surface area is 255 Å². The molecule has 0 bridgehead atoms. The molecule has 220 valence electrons. The topological polar surface area (TPSA) is 69.6 Å². The van der Waals surface area contributed by atoms with E-state index in [0.29, 0.717) is 29.9 Å². The number of hydrogen-bond acceptors (Lipinski definition) is 5. The van der Waals surface area contributed by atoms with Gasteiger partial charge in [-0.25, -0.2) is 4.39 Å². The van der Waals surface area contributed by atoms with E-state index < -0.39 is 16.4 Å². The van der Waals surface area contributed by atoms with Crippen molar-refractivity contribution in [3.05, 3.63) is 94.8 Å². The molecule has 1 amide bonds. The van der Waals surface area contributed by atoms with Gasteiger partial charge in [-0.05, 0) is 96.9 Å². The molecule has 8 atom stereocenters. The summed E-state index contributed by atoms with van der Waals surface area (Å²) in [5.74, 6) is 2.27. The summed E-state index contributed by atoms with van der Waals surface area (Å²) in [5, 5.41) is 13.4. The molecule has 4 fully saturated rings. The standard InChI is InChI=1S/C36H35FN2O3S/c1-34-15-14-25-24-13-11-23(40)16-21(24)8-12-26(25)28(34)17-35(32(34)41)31(20-6-9-22(37)10-7-20)30-18-43-19-39(30)36(35)27-4-2-3-5-29(27)38-33(36)42/h2-7,9-11,13,16,25-26,28,30-31,40H,8,12,14-15,17-19H2,1H3,(H,38,42)/t25-,26-,28+,30?,31+,34+,35+,36-/m1/s1. The summed E-state index contributed by atoms with van der Waals surface area (Å²) in [4.78, 5) is 32.8. The van der Waals surface area contributed by atoms with Crippen molar-refractivity contribution < 1.29 is 19.1 Å². The number of rotatable bonds is 1. The number of phenols is 1. The Morgan fingerprint density at radius 2 is 1.86 bits per heavy atom. The van der Waals surface area contributed by atoms with E-state index in [1.165, 1.54) is 23.3 Å². The van der Waals surface area contributed by atoms with Crippen molar-refractivity contribution in [3.8, 4) is 5.75 Å². The van der Waals surface area contributed by atoms with Crippen molar-refractivity contribution in [1.29, 1.82) is 0 Å². The van der Waals surface area contributed by atoms with E-state index in [1.807, 2.05) is 48.2 Å². The minimum atomic E-state index is -1.11. The first-order valence-corrected chi connectivity index (χ1v) is 16.8. The number of para-hydroxylation sites is 1. The van der Waals surface area contributed by atoms with Gasteiger partial charge in [0.05, 0.1) is 5.41 Å². The molecule has 2 spiro atoms. The molecule has 3 aromatic carbocycles. The van der Waals surface area contributed by atoms with Crippen LogP contribution in [-0.4, -0.2) is 39.4 Å². The molecule has 2 N–H and O–H groups in total. The summed E-state index contributed by atoms with van der Waals surface area (Å²) in [5.41, 5.74) is 2.61. The minimum absolute atomic E-state index is 0.00840. The highest BCUT2D eigenvalue weighted by molar-refractivity contribution is 7.99. The van der Waals surface area contributed by atoms with Gasteiger partial charge in [0, 0.05) is 40.3 Å². The van der Waals surface area contributed by atoms with Crippen LogP contribution in [-0.2, 0) is 21.5 Å². The maximum atomic E-state index is 15.7. The Kier molecular flexibility index (Phi) is 5.33. The zero-order valence-corrected chi connectivity index (χ0v) is 25.0. The molecule has 0 aromatic heterocycles. The van der Waals surface area contributed by atoms with Gasteiger partial charge in [-0.3, -0.25) is 14.5 Å². The molecule has 5 nitrogen and oxygen atoms in total. The number of phenolic OH excluding ortho intramolecular Hbond substituents is 1. The molecular formula is C36H35FN2O3S. The minimum Gasteiger partial charge on any atom is -0.508 e. The molecule has 6 aliphatic rings. The number of thioether (sulfide) groups is 1. The van der Waals surface area contributed by atoms with Crippen LogP contribution < -0.4 is 5.32 Å². The lowest BCUT2D eigenvalue weighted by Crippen LogP contribution is -2.59. The lowest BCUT2D eigenvalue weighted by Gasteiger charge is -2.48. The van der Waals surface area contributed by atoms with Crippen LogP contribution in [0.15, 0.2) is 66.7 Å². The van der Waals surface area contributed by atoms with Crippen molar-refractivity contribution in [1.82, 2.24) is 4.90 Å². The summed E-state index contributed by atoms with van der Waals surface area (Å²) in [6.45, 7) is 2.20. The molecule has 0 radical (unpaired) electrons. The lowest BCUT2D eigenvalue weighted by atomic mass is 9.55. The van der Waals surface area contributed by atoms with E-state index in [2.05, 4.69) is 29.3 Å². The molecule has 3 heterocycles. The monoisotopic (exact) mass is 594 g/mol. The SMILES string of the molecule is C[C@]12CC[C@@H]3c4ccc(O)cc4CC[C@H]3[C@@H]1C[C@@]1(C2=O)[C@@H](c2ccc(F)cc2)C2CSCN2[C@]12C(=O)Nc1ccccc12. The van der Waals surface area contributed by atoms with E-state index in [-0.39, 0.29) is 35.4 Å². The van der Waals surface area contributed by atoms with Crippen LogP contribution in [0.3, 0.4) is 0 Å². The molecule has 3 aliphatic carbocycles. The van der Waals surface area contributed by atoms with Crippen LogP contribution in [0, 0.1) is 28.5 Å². The van der Waals surface area contributed by atoms with Gasteiger partial charge in [-0.15, -0.1) is 11.8 Å². The predicted octanol–water partition coefficient (Wildman–Crippen LogP) is 6.57. The number of ketones is 1. The number of carbonyl (C=O) groups excluding carboxylic acids is 2. The third kappa shape index (κ3) is 3.03. The van der Waals surface area contributed by atoms with Gasteiger partial charge in [0.1, 0.15) is 22.9 Å². The third-order valence-corrected chi connectivity index (χ3v) is 13.6. The molecule has 1 unspecified atom stereocenters. The fraction of sp³-hybridized carbons (Fsp3) is 0.444. The highest BCUT2D eigenvalue weighted by Crippen LogP contribution is 2.76. The second-order valence-corrected chi connectivity index (χ2v) is 15.0. The number of nitrogens with one attached hydrogen (secondary N) is 1. The summed E-state index contributed by atoms with van der Waals surface area (Å²) < 4.78 is 14.3. The largest absolute Gasteiger partial charge is 0.508 e. The van der Waals surface area contributed by atoms with Crippen molar-refractivity contribution >= 4 is 29.1 Å². The maximum Gasteiger partial charge on any atom is 0.250 e. The van der Waals surface area contributed by atoms with Crippen molar-refractivity contribution in [2.24, 2.45) is 22.7 Å². The number of hydrogen-bond donors (Lipinski definition) is 2. The quantitative estimate of drug-likeness (QED) is 0.334. The number of nitrogens with zero attached hydrogens (tertiary/aromatic N) is 1. The number of fused-ring (bicyclic) bond motifs is 10. The van der Waals surface area contributed by atoms with Gasteiger partial charge >= 0.3 is 0 Å². The summed E-state index contributed by atoms with van der Waals surface area (Å²) in [6, 6.07) is 20.6. The van der Waals surface area contributed by atoms with E-state index in [1.54, 1.807) is 6.07 Å². The number of anilines is 1. The first-order chi connectivity index (χ1) is 20.8. The molecule has 7 heteroatoms. The highest BCUT2D eigenvalue weighted by Gasteiger charge is 2.82. The molecule has 9 rings (SSSR count). The molecule has 3 aromatic rings. The van der Waals surface area contributed by atoms with Crippen LogP contribution in [0.25, 0.3) is 0 Å². The van der Waals surface area contributed by atoms with E-state index in [9.17, 15) is 14.3 Å². The summed E-state index contributed by atoms with van der Waals surface area (Å²) >= 11 is 1.82. The zero-order chi connectivity index (χ0) is 29.3. The first kappa shape index (κ1) is 26.3. The van der Waals surface area contributed by atoms with Gasteiger partial charge in [0.25, 0.3) is 5.91 Å². The smallest absolute Gasteiger partial charge is 0.250 e. The summed E-state index contributed by atoms with van der Waals surface area (Å²) in [7, 11) is 0. The van der Waals surface area contributed by atoms with E-state index in [4.69, 9.17) is 0 Å². The van der Waals surface area contributed by atoms with Crippen LogP contribution >= 0.6 is 11.8 Å². The molecular weight excluding hydrogens is 559 g/mol. The number of benzene rings is 3. The number of Topliss-reactive ketones (excluding diaryl/α,β-unsaturated/α-hetero) is 1. The Hall–Kier alpha value is -3.16. The lowest BCUT2D eigenvalue weighted by molar-refractivity contribution is -0.147. The average Bonchev–Trinajstić information content (AvgIpc) is 3.71. The average molecular weight is 595 g/mol. The number of amides is 1. The molecule has 2 saturated heterocycles. The van der Waals surface area contributed by atoms with Crippen LogP contribution in [0.5, 0.6) is 5.75 Å². The van der Waals surface area contributed by atoms with E-state index >= 15 is 4.79 Å².